The maximum atomic E-state index is 13.1. The number of aliphatic hydroxyl groups is 1. The molecule has 4 atom stereocenters. The summed E-state index contributed by atoms with van der Waals surface area (Å²) in [7, 11) is 0.0834. The summed E-state index contributed by atoms with van der Waals surface area (Å²) in [5.41, 5.74) is 1.01. The van der Waals surface area contributed by atoms with Gasteiger partial charge in [0.05, 0.1) is 19.8 Å². The summed E-state index contributed by atoms with van der Waals surface area (Å²) in [4.78, 5) is 15.0. The Morgan fingerprint density at radius 1 is 0.927 bits per heavy atom. The van der Waals surface area contributed by atoms with E-state index in [-0.39, 0.29) is 24.2 Å². The van der Waals surface area contributed by atoms with Crippen LogP contribution in [-0.4, -0.2) is 82.7 Å². The molecule has 0 spiro atoms. The van der Waals surface area contributed by atoms with Crippen LogP contribution in [0.3, 0.4) is 0 Å². The molecule has 0 radical (unpaired) electrons. The van der Waals surface area contributed by atoms with Gasteiger partial charge in [-0.3, -0.25) is 9.69 Å². The van der Waals surface area contributed by atoms with Gasteiger partial charge in [0.25, 0.3) is 8.32 Å². The molecule has 41 heavy (non-hydrogen) atoms. The molecule has 0 aliphatic carbocycles. The fourth-order valence-corrected chi connectivity index (χ4v) is 10.5. The molecule has 1 saturated heterocycles. The van der Waals surface area contributed by atoms with E-state index in [1.807, 2.05) is 47.4 Å². The number of aliphatic hydroxyl groups excluding tert-OH is 1. The van der Waals surface area contributed by atoms with Gasteiger partial charge in [0.1, 0.15) is 12.1 Å². The SMILES string of the molecule is COC(=O)[C@H](Cc1ccccc1)N1C[C@@H](CO[Si](c2ccccc2)(c2ccccc2)C(C)(C)C)O[C@H](OC)[C@H](O)C1. The van der Waals surface area contributed by atoms with Crippen molar-refractivity contribution in [3.63, 3.8) is 0 Å². The Morgan fingerprint density at radius 3 is 1.95 bits per heavy atom. The third-order valence-electron chi connectivity index (χ3n) is 7.82. The average Bonchev–Trinajstić information content (AvgIpc) is 3.14. The largest absolute Gasteiger partial charge is 0.468 e. The molecule has 0 unspecified atom stereocenters. The Bertz CT molecular complexity index is 1180. The molecular formula is C33H43NO6Si. The van der Waals surface area contributed by atoms with Crippen LogP contribution in [0.15, 0.2) is 91.0 Å². The molecule has 1 N–H and O–H groups in total. The van der Waals surface area contributed by atoms with Crippen molar-refractivity contribution in [1.82, 2.24) is 4.90 Å². The second-order valence-corrected chi connectivity index (χ2v) is 15.9. The van der Waals surface area contributed by atoms with E-state index < -0.39 is 32.9 Å². The first-order chi connectivity index (χ1) is 19.7. The minimum atomic E-state index is -2.83. The smallest absolute Gasteiger partial charge is 0.323 e. The summed E-state index contributed by atoms with van der Waals surface area (Å²) in [5, 5.41) is 13.2. The molecule has 0 saturated carbocycles. The summed E-state index contributed by atoms with van der Waals surface area (Å²) in [6, 6.07) is 30.1. The number of β-amino-alcohol motifs (C(OH)–C–C–N with tert-alkyl or cyclic N) is 1. The average molecular weight is 578 g/mol. The third-order valence-corrected chi connectivity index (χ3v) is 12.8. The molecule has 3 aromatic carbocycles. The highest BCUT2D eigenvalue weighted by molar-refractivity contribution is 6.99. The van der Waals surface area contributed by atoms with Gasteiger partial charge in [-0.1, -0.05) is 112 Å². The summed E-state index contributed by atoms with van der Waals surface area (Å²) in [6.45, 7) is 7.51. The van der Waals surface area contributed by atoms with Gasteiger partial charge in [0.15, 0.2) is 6.29 Å². The van der Waals surface area contributed by atoms with Gasteiger partial charge >= 0.3 is 5.97 Å². The lowest BCUT2D eigenvalue weighted by Crippen LogP contribution is -2.67. The van der Waals surface area contributed by atoms with Crippen molar-refractivity contribution in [3.8, 4) is 0 Å². The molecule has 0 amide bonds. The predicted molar refractivity (Wildman–Crippen MR) is 163 cm³/mol. The second kappa shape index (κ2) is 13.9. The summed E-state index contributed by atoms with van der Waals surface area (Å²) in [6.07, 6.45) is -1.84. The first-order valence-electron chi connectivity index (χ1n) is 14.2. The minimum Gasteiger partial charge on any atom is -0.468 e. The molecule has 0 aromatic heterocycles. The number of benzene rings is 3. The molecule has 4 rings (SSSR count). The van der Waals surface area contributed by atoms with E-state index in [1.165, 1.54) is 24.6 Å². The molecule has 0 bridgehead atoms. The van der Waals surface area contributed by atoms with Crippen LogP contribution in [0.2, 0.25) is 5.04 Å². The molecule has 1 heterocycles. The Hall–Kier alpha value is -2.85. The Labute approximate surface area is 245 Å². The zero-order valence-electron chi connectivity index (χ0n) is 24.7. The van der Waals surface area contributed by atoms with E-state index >= 15 is 0 Å². The third kappa shape index (κ3) is 7.14. The van der Waals surface area contributed by atoms with Crippen LogP contribution in [0.4, 0.5) is 0 Å². The lowest BCUT2D eigenvalue weighted by molar-refractivity contribution is -0.195. The van der Waals surface area contributed by atoms with E-state index in [2.05, 4.69) is 69.3 Å². The van der Waals surface area contributed by atoms with Crippen molar-refractivity contribution >= 4 is 24.7 Å². The van der Waals surface area contributed by atoms with E-state index in [1.54, 1.807) is 0 Å². The highest BCUT2D eigenvalue weighted by Gasteiger charge is 2.51. The molecule has 1 aliphatic heterocycles. The standard InChI is InChI=1S/C33H43NO6Si/c1-33(2,3)41(27-17-11-7-12-18-27,28-19-13-8-14-20-28)39-24-26-22-34(23-30(35)32(38-5)40-26)29(31(36)37-4)21-25-15-9-6-10-16-25/h6-20,26,29-30,32,35H,21-24H2,1-5H3/t26-,29-,30+,32-/m0/s1. The number of hydrogen-bond donors (Lipinski definition) is 1. The van der Waals surface area contributed by atoms with Crippen molar-refractivity contribution in [3.05, 3.63) is 96.6 Å². The lowest BCUT2D eigenvalue weighted by atomic mass is 10.0. The van der Waals surface area contributed by atoms with E-state index in [9.17, 15) is 9.90 Å². The predicted octanol–water partition coefficient (Wildman–Crippen LogP) is 3.38. The Kier molecular flexibility index (Phi) is 10.5. The maximum Gasteiger partial charge on any atom is 0.323 e. The Morgan fingerprint density at radius 2 is 1.46 bits per heavy atom. The highest BCUT2D eigenvalue weighted by Crippen LogP contribution is 2.37. The fourth-order valence-electron chi connectivity index (χ4n) is 5.86. The fraction of sp³-hybridized carbons (Fsp3) is 0.424. The van der Waals surface area contributed by atoms with Gasteiger partial charge in [0, 0.05) is 20.2 Å². The molecule has 1 aliphatic rings. The number of hydrogen-bond acceptors (Lipinski definition) is 7. The number of nitrogens with zero attached hydrogens (tertiary/aromatic N) is 1. The highest BCUT2D eigenvalue weighted by atomic mass is 28.4. The number of methoxy groups -OCH3 is 2. The van der Waals surface area contributed by atoms with Gasteiger partial charge in [-0.2, -0.15) is 0 Å². The van der Waals surface area contributed by atoms with Crippen molar-refractivity contribution in [2.45, 2.75) is 56.8 Å². The first kappa shape index (κ1) is 31.1. The van der Waals surface area contributed by atoms with E-state index in [4.69, 9.17) is 18.6 Å². The summed E-state index contributed by atoms with van der Waals surface area (Å²) >= 11 is 0. The second-order valence-electron chi connectivity index (χ2n) is 11.6. The van der Waals surface area contributed by atoms with Crippen LogP contribution in [0, 0.1) is 0 Å². The van der Waals surface area contributed by atoms with Gasteiger partial charge in [-0.05, 0) is 27.4 Å². The van der Waals surface area contributed by atoms with E-state index in [0.717, 1.165) is 5.56 Å². The molecule has 7 nitrogen and oxygen atoms in total. The minimum absolute atomic E-state index is 0.195. The van der Waals surface area contributed by atoms with Crippen molar-refractivity contribution in [1.29, 1.82) is 0 Å². The maximum absolute atomic E-state index is 13.1. The number of esters is 1. The van der Waals surface area contributed by atoms with Crippen LogP contribution in [0.5, 0.6) is 0 Å². The number of carbonyl (C=O) groups excluding carboxylic acids is 1. The van der Waals surface area contributed by atoms with Crippen LogP contribution in [0.25, 0.3) is 0 Å². The molecule has 8 heteroatoms. The Balaban J connectivity index is 1.68. The molecular weight excluding hydrogens is 534 g/mol. The quantitative estimate of drug-likeness (QED) is 0.293. The summed E-state index contributed by atoms with van der Waals surface area (Å²) < 4.78 is 24.3. The van der Waals surface area contributed by atoms with Crippen molar-refractivity contribution in [2.75, 3.05) is 33.9 Å². The number of ether oxygens (including phenoxy) is 3. The molecule has 3 aromatic rings. The van der Waals surface area contributed by atoms with Crippen molar-refractivity contribution in [2.24, 2.45) is 0 Å². The van der Waals surface area contributed by atoms with Crippen LogP contribution < -0.4 is 10.4 Å². The van der Waals surface area contributed by atoms with Gasteiger partial charge in [-0.25, -0.2) is 0 Å². The first-order valence-corrected chi connectivity index (χ1v) is 16.1. The van der Waals surface area contributed by atoms with Crippen LogP contribution in [0.1, 0.15) is 26.3 Å². The normalized spacial score (nSPS) is 21.2. The van der Waals surface area contributed by atoms with Crippen LogP contribution >= 0.6 is 0 Å². The summed E-state index contributed by atoms with van der Waals surface area (Å²) in [5.74, 6) is -0.358. The number of rotatable bonds is 10. The topological polar surface area (TPSA) is 77.5 Å². The number of carbonyl (C=O) groups is 1. The molecule has 220 valence electrons. The van der Waals surface area contributed by atoms with Gasteiger partial charge in [-0.15, -0.1) is 0 Å². The monoisotopic (exact) mass is 577 g/mol. The zero-order chi connectivity index (χ0) is 29.5. The lowest BCUT2D eigenvalue weighted by Gasteiger charge is -2.44. The van der Waals surface area contributed by atoms with E-state index in [0.29, 0.717) is 13.0 Å². The van der Waals surface area contributed by atoms with Crippen LogP contribution in [-0.2, 0) is 29.9 Å². The van der Waals surface area contributed by atoms with Gasteiger partial charge in [0.2, 0.25) is 0 Å². The van der Waals surface area contributed by atoms with Crippen molar-refractivity contribution < 1.29 is 28.5 Å². The zero-order valence-corrected chi connectivity index (χ0v) is 25.7. The molecule has 1 fully saturated rings. The van der Waals surface area contributed by atoms with Gasteiger partial charge < -0.3 is 23.7 Å².